The molecular formula is C46H56N8O6. The highest BCUT2D eigenvalue weighted by Gasteiger charge is 2.51. The molecule has 4 amide bonds. The van der Waals surface area contributed by atoms with E-state index in [1.807, 2.05) is 71.2 Å². The number of rotatable bonds is 13. The van der Waals surface area contributed by atoms with Crippen LogP contribution in [0.15, 0.2) is 91.6 Å². The molecule has 0 aliphatic carbocycles. The van der Waals surface area contributed by atoms with Crippen molar-refractivity contribution < 1.29 is 29.0 Å². The van der Waals surface area contributed by atoms with E-state index < -0.39 is 12.2 Å². The Bertz CT molecular complexity index is 2180. The number of piperazine rings is 2. The van der Waals surface area contributed by atoms with Crippen LogP contribution in [0.5, 0.6) is 5.75 Å². The SMILES string of the molecule is C=CCN1CC(=O)N2[C@@H](Cc3ccc(O)cc3)C(=O)N(Cc3cccc4c(C(=O)N5CCN(CCN6CCOCC6)CC5)cn(C)c34)C[C@@H]2N1C(=O)CCc1ccccc1. The lowest BCUT2D eigenvalue weighted by Crippen LogP contribution is -2.75. The number of para-hydroxylation sites is 1. The van der Waals surface area contributed by atoms with E-state index in [0.717, 1.165) is 80.1 Å². The first kappa shape index (κ1) is 41.2. The fourth-order valence-corrected chi connectivity index (χ4v) is 9.28. The topological polar surface area (TPSA) is 125 Å². The van der Waals surface area contributed by atoms with E-state index in [4.69, 9.17) is 4.74 Å². The van der Waals surface area contributed by atoms with Gasteiger partial charge in [0.15, 0.2) is 0 Å². The number of morpholine rings is 1. The number of phenols is 1. The van der Waals surface area contributed by atoms with Crippen molar-refractivity contribution in [2.24, 2.45) is 7.05 Å². The van der Waals surface area contributed by atoms with E-state index in [-0.39, 0.29) is 68.4 Å². The van der Waals surface area contributed by atoms with Gasteiger partial charge in [0, 0.05) is 96.9 Å². The van der Waals surface area contributed by atoms with Crippen LogP contribution >= 0.6 is 0 Å². The fraction of sp³-hybridized carbons (Fsp3) is 0.435. The molecule has 1 N–H and O–H groups in total. The van der Waals surface area contributed by atoms with Crippen molar-refractivity contribution in [2.45, 2.75) is 38.0 Å². The molecule has 4 fully saturated rings. The van der Waals surface area contributed by atoms with Gasteiger partial charge in [-0.2, -0.15) is 0 Å². The maximum atomic E-state index is 14.8. The average Bonchev–Trinajstić information content (AvgIpc) is 3.61. The van der Waals surface area contributed by atoms with Gasteiger partial charge < -0.3 is 29.1 Å². The number of aryl methyl sites for hydroxylation is 2. The summed E-state index contributed by atoms with van der Waals surface area (Å²) < 4.78 is 7.47. The highest BCUT2D eigenvalue weighted by molar-refractivity contribution is 6.07. The molecule has 1 aromatic heterocycles. The zero-order valence-corrected chi connectivity index (χ0v) is 34.5. The molecule has 14 heteroatoms. The molecule has 4 aliphatic rings. The summed E-state index contributed by atoms with van der Waals surface area (Å²) in [4.78, 5) is 67.5. The number of phenolic OH excluding ortho intramolecular Hbond substituents is 1. The smallest absolute Gasteiger partial charge is 0.256 e. The van der Waals surface area contributed by atoms with Crippen LogP contribution in [0.3, 0.4) is 0 Å². The van der Waals surface area contributed by atoms with Crippen molar-refractivity contribution in [2.75, 3.05) is 85.2 Å². The van der Waals surface area contributed by atoms with Crippen LogP contribution in [-0.4, -0.2) is 165 Å². The zero-order chi connectivity index (χ0) is 41.8. The summed E-state index contributed by atoms with van der Waals surface area (Å²) in [6.45, 7) is 12.9. The summed E-state index contributed by atoms with van der Waals surface area (Å²) in [5, 5.41) is 14.3. The van der Waals surface area contributed by atoms with Crippen molar-refractivity contribution in [1.29, 1.82) is 0 Å². The molecule has 3 aromatic carbocycles. The maximum absolute atomic E-state index is 14.8. The van der Waals surface area contributed by atoms with E-state index in [2.05, 4.69) is 16.4 Å². The molecule has 8 rings (SSSR count). The van der Waals surface area contributed by atoms with E-state index in [9.17, 15) is 24.3 Å². The van der Waals surface area contributed by atoms with Gasteiger partial charge in [-0.15, -0.1) is 6.58 Å². The van der Waals surface area contributed by atoms with Crippen LogP contribution in [0, 0.1) is 0 Å². The number of benzene rings is 3. The number of hydrogen-bond acceptors (Lipinski definition) is 9. The van der Waals surface area contributed by atoms with Crippen LogP contribution in [0.1, 0.15) is 33.5 Å². The first-order valence-electron chi connectivity index (χ1n) is 21.2. The molecule has 5 heterocycles. The summed E-state index contributed by atoms with van der Waals surface area (Å²) in [5.74, 6) is -0.511. The number of aromatic nitrogens is 1. The number of hydrazine groups is 1. The van der Waals surface area contributed by atoms with Crippen molar-refractivity contribution in [1.82, 2.24) is 39.1 Å². The number of ether oxygens (including phenoxy) is 1. The summed E-state index contributed by atoms with van der Waals surface area (Å²) in [6, 6.07) is 21.5. The van der Waals surface area contributed by atoms with Crippen molar-refractivity contribution >= 4 is 34.5 Å². The predicted octanol–water partition coefficient (Wildman–Crippen LogP) is 2.96. The van der Waals surface area contributed by atoms with E-state index in [1.165, 1.54) is 0 Å². The average molecular weight is 817 g/mol. The molecule has 0 spiro atoms. The quantitative estimate of drug-likeness (QED) is 0.203. The number of amides is 4. The molecule has 4 aliphatic heterocycles. The minimum atomic E-state index is -0.895. The third kappa shape index (κ3) is 8.83. The summed E-state index contributed by atoms with van der Waals surface area (Å²) >= 11 is 0. The third-order valence-electron chi connectivity index (χ3n) is 12.4. The molecule has 0 unspecified atom stereocenters. The van der Waals surface area contributed by atoms with Gasteiger partial charge in [0.05, 0.1) is 37.4 Å². The molecule has 316 valence electrons. The van der Waals surface area contributed by atoms with Crippen LogP contribution < -0.4 is 0 Å². The van der Waals surface area contributed by atoms with Crippen molar-refractivity contribution in [3.8, 4) is 5.75 Å². The van der Waals surface area contributed by atoms with Gasteiger partial charge in [0.2, 0.25) is 17.7 Å². The summed E-state index contributed by atoms with van der Waals surface area (Å²) in [7, 11) is 1.93. The second kappa shape index (κ2) is 18.4. The molecule has 2 atom stereocenters. The normalized spacial score (nSPS) is 20.8. The number of carbonyl (C=O) groups is 4. The Balaban J connectivity index is 1.05. The molecule has 4 saturated heterocycles. The molecule has 4 aromatic rings. The fourth-order valence-electron chi connectivity index (χ4n) is 9.28. The second-order valence-electron chi connectivity index (χ2n) is 16.3. The van der Waals surface area contributed by atoms with Gasteiger partial charge in [0.1, 0.15) is 18.0 Å². The van der Waals surface area contributed by atoms with Gasteiger partial charge in [-0.05, 0) is 35.2 Å². The highest BCUT2D eigenvalue weighted by Crippen LogP contribution is 2.32. The lowest BCUT2D eigenvalue weighted by Gasteiger charge is -2.55. The number of aromatic hydroxyl groups is 1. The first-order valence-corrected chi connectivity index (χ1v) is 21.2. The Hall–Kier alpha value is -5.54. The van der Waals surface area contributed by atoms with Gasteiger partial charge in [0.25, 0.3) is 5.91 Å². The molecule has 0 saturated carbocycles. The minimum Gasteiger partial charge on any atom is -0.508 e. The first-order chi connectivity index (χ1) is 29.2. The van der Waals surface area contributed by atoms with Crippen molar-refractivity contribution in [3.63, 3.8) is 0 Å². The third-order valence-corrected chi connectivity index (χ3v) is 12.4. The highest BCUT2D eigenvalue weighted by atomic mass is 16.5. The predicted molar refractivity (Wildman–Crippen MR) is 228 cm³/mol. The Morgan fingerprint density at radius 2 is 1.58 bits per heavy atom. The van der Waals surface area contributed by atoms with Gasteiger partial charge in [-0.3, -0.25) is 29.0 Å². The lowest BCUT2D eigenvalue weighted by atomic mass is 9.97. The van der Waals surface area contributed by atoms with Gasteiger partial charge >= 0.3 is 0 Å². The maximum Gasteiger partial charge on any atom is 0.256 e. The standard InChI is InChI=1S/C46H56N8O6/c1-3-18-52-33-43(57)53-40(29-35-12-15-37(55)16-13-35)46(59)51(32-41(53)54(52)42(56)17-14-34-8-5-4-6-9-34)30-36-10-7-11-38-39(31-47(2)44(36)38)45(58)50-23-21-48(22-24-50)19-20-49-25-27-60-28-26-49/h3-13,15-16,31,40-41,55H,1,14,17-30,32-33H2,2H3/t40-,41-/m0/s1. The Morgan fingerprint density at radius 1 is 0.867 bits per heavy atom. The summed E-state index contributed by atoms with van der Waals surface area (Å²) in [6.07, 6.45) is 3.77. The Kier molecular flexibility index (Phi) is 12.6. The van der Waals surface area contributed by atoms with E-state index in [0.29, 0.717) is 25.1 Å². The number of hydrogen-bond donors (Lipinski definition) is 1. The number of carbonyl (C=O) groups excluding carboxylic acids is 4. The van der Waals surface area contributed by atoms with Crippen LogP contribution in [-0.2, 0) is 45.6 Å². The largest absolute Gasteiger partial charge is 0.508 e. The number of nitrogens with zero attached hydrogens (tertiary/aromatic N) is 8. The van der Waals surface area contributed by atoms with Gasteiger partial charge in [-0.25, -0.2) is 10.0 Å². The van der Waals surface area contributed by atoms with Crippen molar-refractivity contribution in [3.05, 3.63) is 114 Å². The second-order valence-corrected chi connectivity index (χ2v) is 16.3. The van der Waals surface area contributed by atoms with Gasteiger partial charge in [-0.1, -0.05) is 66.7 Å². The van der Waals surface area contributed by atoms with E-state index >= 15 is 0 Å². The molecule has 0 bridgehead atoms. The lowest BCUT2D eigenvalue weighted by molar-refractivity contribution is -0.205. The van der Waals surface area contributed by atoms with Crippen LogP contribution in [0.25, 0.3) is 10.9 Å². The van der Waals surface area contributed by atoms with Crippen LogP contribution in [0.2, 0.25) is 0 Å². The zero-order valence-electron chi connectivity index (χ0n) is 34.5. The minimum absolute atomic E-state index is 0.00285. The number of fused-ring (bicyclic) bond motifs is 2. The molecule has 0 radical (unpaired) electrons. The summed E-state index contributed by atoms with van der Waals surface area (Å²) in [5.41, 5.74) is 4.16. The molecule has 14 nitrogen and oxygen atoms in total. The molecule has 60 heavy (non-hydrogen) atoms. The van der Waals surface area contributed by atoms with Crippen LogP contribution in [0.4, 0.5) is 0 Å². The Morgan fingerprint density at radius 3 is 2.30 bits per heavy atom. The monoisotopic (exact) mass is 816 g/mol. The molecular weight excluding hydrogens is 761 g/mol. The Labute approximate surface area is 351 Å². The van der Waals surface area contributed by atoms with E-state index in [1.54, 1.807) is 50.2 Å².